The molecule has 0 fully saturated rings. The summed E-state index contributed by atoms with van der Waals surface area (Å²) >= 11 is 0. The van der Waals surface area contributed by atoms with Gasteiger partial charge in [0.15, 0.2) is 0 Å². The molecule has 114 valence electrons. The molecule has 0 aromatic heterocycles. The van der Waals surface area contributed by atoms with Gasteiger partial charge in [-0.3, -0.25) is 4.79 Å². The molecule has 1 amide bonds. The molecule has 2 rings (SSSR count). The third-order valence-electron chi connectivity index (χ3n) is 3.73. The quantitative estimate of drug-likeness (QED) is 0.798. The number of aliphatic carboxylic acids is 1. The van der Waals surface area contributed by atoms with Crippen molar-refractivity contribution in [1.29, 1.82) is 0 Å². The number of carboxylic acid groups (broad SMARTS) is 1. The van der Waals surface area contributed by atoms with Crippen LogP contribution in [0.5, 0.6) is 0 Å². The Morgan fingerprint density at radius 2 is 2.05 bits per heavy atom. The molecule has 0 saturated carbocycles. The normalized spacial score (nSPS) is 15.6. The maximum Gasteiger partial charge on any atom is 0.326 e. The number of hydrogen-bond acceptors (Lipinski definition) is 3. The average Bonchev–Trinajstić information content (AvgIpc) is 2.42. The predicted molar refractivity (Wildman–Crippen MR) is 81.6 cm³/mol. The largest absolute Gasteiger partial charge is 0.480 e. The number of nitrogens with one attached hydrogen (secondary N) is 2. The fourth-order valence-corrected chi connectivity index (χ4v) is 2.58. The maximum absolute atomic E-state index is 12.5. The third-order valence-corrected chi connectivity index (χ3v) is 3.73. The fourth-order valence-electron chi connectivity index (χ4n) is 2.58. The minimum atomic E-state index is -1.02. The van der Waals surface area contributed by atoms with Gasteiger partial charge < -0.3 is 15.7 Å². The summed E-state index contributed by atoms with van der Waals surface area (Å²) in [6, 6.07) is 4.60. The zero-order valence-corrected chi connectivity index (χ0v) is 12.7. The first kappa shape index (κ1) is 15.4. The summed E-state index contributed by atoms with van der Waals surface area (Å²) in [5.41, 5.74) is 1.96. The first-order valence-electron chi connectivity index (χ1n) is 7.20. The number of carboxylic acids is 1. The van der Waals surface area contributed by atoms with E-state index in [1.807, 2.05) is 12.1 Å². The molecule has 1 heterocycles. The van der Waals surface area contributed by atoms with Gasteiger partial charge in [0, 0.05) is 17.8 Å². The first-order valence-corrected chi connectivity index (χ1v) is 7.20. The predicted octanol–water partition coefficient (Wildman–Crippen LogP) is 2.27. The molecule has 0 bridgehead atoms. The fraction of sp³-hybridized carbons (Fsp3) is 0.500. The Labute approximate surface area is 124 Å². The van der Waals surface area contributed by atoms with Crippen molar-refractivity contribution in [3.05, 3.63) is 29.3 Å². The van der Waals surface area contributed by atoms with E-state index < -0.39 is 17.4 Å². The summed E-state index contributed by atoms with van der Waals surface area (Å²) in [7, 11) is 0. The summed E-state index contributed by atoms with van der Waals surface area (Å²) < 4.78 is 0. The van der Waals surface area contributed by atoms with Gasteiger partial charge in [-0.15, -0.1) is 0 Å². The van der Waals surface area contributed by atoms with E-state index in [9.17, 15) is 14.7 Å². The van der Waals surface area contributed by atoms with Crippen molar-refractivity contribution in [2.24, 2.45) is 5.41 Å². The SMILES string of the molecule is CC(C)(C)[C@H](NC(=O)c1cccc2c1CCCN2)C(=O)O. The molecular formula is C16H22N2O3. The zero-order valence-electron chi connectivity index (χ0n) is 12.7. The van der Waals surface area contributed by atoms with Gasteiger partial charge in [-0.25, -0.2) is 4.79 Å². The van der Waals surface area contributed by atoms with Crippen molar-refractivity contribution in [3.63, 3.8) is 0 Å². The van der Waals surface area contributed by atoms with Gasteiger partial charge >= 0.3 is 5.97 Å². The second-order valence-electron chi connectivity index (χ2n) is 6.47. The van der Waals surface area contributed by atoms with Crippen molar-refractivity contribution in [3.8, 4) is 0 Å². The summed E-state index contributed by atoms with van der Waals surface area (Å²) in [6.07, 6.45) is 1.80. The zero-order chi connectivity index (χ0) is 15.6. The van der Waals surface area contributed by atoms with Crippen molar-refractivity contribution >= 4 is 17.6 Å². The lowest BCUT2D eigenvalue weighted by Crippen LogP contribution is -2.49. The summed E-state index contributed by atoms with van der Waals surface area (Å²) in [5.74, 6) is -1.34. The molecule has 0 radical (unpaired) electrons. The van der Waals surface area contributed by atoms with Crippen LogP contribution in [0, 0.1) is 5.41 Å². The number of benzene rings is 1. The van der Waals surface area contributed by atoms with Crippen LogP contribution in [0.3, 0.4) is 0 Å². The Morgan fingerprint density at radius 3 is 2.67 bits per heavy atom. The van der Waals surface area contributed by atoms with Gasteiger partial charge in [-0.05, 0) is 36.0 Å². The molecule has 3 N–H and O–H groups in total. The molecule has 0 aliphatic carbocycles. The van der Waals surface area contributed by atoms with E-state index in [2.05, 4.69) is 10.6 Å². The molecule has 0 unspecified atom stereocenters. The van der Waals surface area contributed by atoms with Crippen molar-refractivity contribution < 1.29 is 14.7 Å². The van der Waals surface area contributed by atoms with E-state index in [-0.39, 0.29) is 5.91 Å². The van der Waals surface area contributed by atoms with Gasteiger partial charge in [0.2, 0.25) is 0 Å². The molecule has 5 heteroatoms. The van der Waals surface area contributed by atoms with Gasteiger partial charge in [0.05, 0.1) is 0 Å². The van der Waals surface area contributed by atoms with Crippen molar-refractivity contribution in [1.82, 2.24) is 5.32 Å². The number of carbonyl (C=O) groups excluding carboxylic acids is 1. The molecular weight excluding hydrogens is 268 g/mol. The van der Waals surface area contributed by atoms with Crippen LogP contribution >= 0.6 is 0 Å². The molecule has 21 heavy (non-hydrogen) atoms. The standard InChI is InChI=1S/C16H22N2O3/c1-16(2,3)13(15(20)21)18-14(19)11-6-4-8-12-10(11)7-5-9-17-12/h4,6,8,13,17H,5,7,9H2,1-3H3,(H,18,19)(H,20,21)/t13-/m1/s1. The lowest BCUT2D eigenvalue weighted by Gasteiger charge is -2.28. The van der Waals surface area contributed by atoms with Crippen LogP contribution in [0.15, 0.2) is 18.2 Å². The number of rotatable bonds is 3. The van der Waals surface area contributed by atoms with E-state index in [0.29, 0.717) is 5.56 Å². The number of anilines is 1. The topological polar surface area (TPSA) is 78.4 Å². The average molecular weight is 290 g/mol. The minimum absolute atomic E-state index is 0.321. The van der Waals surface area contributed by atoms with Crippen LogP contribution in [-0.4, -0.2) is 29.6 Å². The van der Waals surface area contributed by atoms with Gasteiger partial charge in [0.1, 0.15) is 6.04 Å². The molecule has 1 aliphatic heterocycles. The highest BCUT2D eigenvalue weighted by Crippen LogP contribution is 2.26. The first-order chi connectivity index (χ1) is 9.80. The Balaban J connectivity index is 2.26. The van der Waals surface area contributed by atoms with Crippen LogP contribution < -0.4 is 10.6 Å². The molecule has 1 aliphatic rings. The third kappa shape index (κ3) is 3.35. The van der Waals surface area contributed by atoms with Crippen LogP contribution in [0.4, 0.5) is 5.69 Å². The summed E-state index contributed by atoms with van der Waals surface area (Å²) in [5, 5.41) is 15.2. The van der Waals surface area contributed by atoms with Crippen LogP contribution in [0.1, 0.15) is 43.1 Å². The van der Waals surface area contributed by atoms with Crippen LogP contribution in [0.2, 0.25) is 0 Å². The van der Waals surface area contributed by atoms with Crippen LogP contribution in [-0.2, 0) is 11.2 Å². The lowest BCUT2D eigenvalue weighted by atomic mass is 9.86. The summed E-state index contributed by atoms with van der Waals surface area (Å²) in [6.45, 7) is 6.30. The second-order valence-corrected chi connectivity index (χ2v) is 6.47. The lowest BCUT2D eigenvalue weighted by molar-refractivity contribution is -0.142. The molecule has 1 aromatic carbocycles. The monoisotopic (exact) mass is 290 g/mol. The summed E-state index contributed by atoms with van der Waals surface area (Å²) in [4.78, 5) is 23.9. The van der Waals surface area contributed by atoms with Crippen molar-refractivity contribution in [2.75, 3.05) is 11.9 Å². The molecule has 0 spiro atoms. The highest BCUT2D eigenvalue weighted by Gasteiger charge is 2.33. The number of carbonyl (C=O) groups is 2. The minimum Gasteiger partial charge on any atom is -0.480 e. The Kier molecular flexibility index (Phi) is 4.21. The second kappa shape index (κ2) is 5.76. The molecule has 0 saturated heterocycles. The Morgan fingerprint density at radius 1 is 1.33 bits per heavy atom. The van der Waals surface area contributed by atoms with Gasteiger partial charge in [-0.2, -0.15) is 0 Å². The van der Waals surface area contributed by atoms with Crippen LogP contribution in [0.25, 0.3) is 0 Å². The number of amides is 1. The van der Waals surface area contributed by atoms with Gasteiger partial charge in [0.25, 0.3) is 5.91 Å². The smallest absolute Gasteiger partial charge is 0.326 e. The Bertz CT molecular complexity index is 561. The van der Waals surface area contributed by atoms with E-state index in [1.165, 1.54) is 0 Å². The van der Waals surface area contributed by atoms with Crippen molar-refractivity contribution in [2.45, 2.75) is 39.7 Å². The number of fused-ring (bicyclic) bond motifs is 1. The molecule has 1 aromatic rings. The highest BCUT2D eigenvalue weighted by molar-refractivity contribution is 5.99. The van der Waals surface area contributed by atoms with Gasteiger partial charge in [-0.1, -0.05) is 26.8 Å². The molecule has 5 nitrogen and oxygen atoms in total. The molecule has 1 atom stereocenters. The highest BCUT2D eigenvalue weighted by atomic mass is 16.4. The van der Waals surface area contributed by atoms with E-state index in [4.69, 9.17) is 0 Å². The van der Waals surface area contributed by atoms with E-state index in [1.54, 1.807) is 26.8 Å². The van der Waals surface area contributed by atoms with E-state index >= 15 is 0 Å². The number of hydrogen-bond donors (Lipinski definition) is 3. The Hall–Kier alpha value is -2.04. The van der Waals surface area contributed by atoms with E-state index in [0.717, 1.165) is 30.6 Å². The maximum atomic E-state index is 12.5.